The van der Waals surface area contributed by atoms with E-state index >= 15 is 0 Å². The molecule has 0 saturated heterocycles. The fourth-order valence-corrected chi connectivity index (χ4v) is 1.91. The van der Waals surface area contributed by atoms with Gasteiger partial charge in [-0.1, -0.05) is 0 Å². The van der Waals surface area contributed by atoms with Crippen molar-refractivity contribution in [3.8, 4) is 0 Å². The van der Waals surface area contributed by atoms with Gasteiger partial charge in [0.05, 0.1) is 0 Å². The Morgan fingerprint density at radius 1 is 1.31 bits per heavy atom. The zero-order valence-corrected chi connectivity index (χ0v) is 9.29. The Bertz CT molecular complexity index is 141. The fraction of sp³-hybridized carbons (Fsp3) is 1.00. The standard InChI is InChI=1S/C11H24N2/c1-9(2)13(8-11-4-5-11)10(3)6-7-12/h9-11H,4-8,12H2,1-3H3. The van der Waals surface area contributed by atoms with Crippen LogP contribution in [-0.2, 0) is 0 Å². The van der Waals surface area contributed by atoms with Crippen LogP contribution in [0.1, 0.15) is 40.0 Å². The van der Waals surface area contributed by atoms with Crippen molar-refractivity contribution in [1.29, 1.82) is 0 Å². The Morgan fingerprint density at radius 3 is 2.31 bits per heavy atom. The quantitative estimate of drug-likeness (QED) is 0.682. The highest BCUT2D eigenvalue weighted by Gasteiger charge is 2.27. The molecule has 78 valence electrons. The number of nitrogens with zero attached hydrogens (tertiary/aromatic N) is 1. The van der Waals surface area contributed by atoms with Crippen LogP contribution in [0.15, 0.2) is 0 Å². The monoisotopic (exact) mass is 184 g/mol. The molecule has 1 aliphatic rings. The SMILES string of the molecule is CC(C)N(CC1CC1)C(C)CCN. The first-order valence-electron chi connectivity index (χ1n) is 5.61. The van der Waals surface area contributed by atoms with Gasteiger partial charge in [0.25, 0.3) is 0 Å². The predicted octanol–water partition coefficient (Wildman–Crippen LogP) is 1.84. The molecule has 0 aliphatic heterocycles. The summed E-state index contributed by atoms with van der Waals surface area (Å²) in [7, 11) is 0. The molecule has 1 rings (SSSR count). The van der Waals surface area contributed by atoms with Gasteiger partial charge in [-0.3, -0.25) is 4.90 Å². The van der Waals surface area contributed by atoms with Crippen LogP contribution < -0.4 is 5.73 Å². The van der Waals surface area contributed by atoms with E-state index in [-0.39, 0.29) is 0 Å². The Labute approximate surface area is 82.5 Å². The number of hydrogen-bond donors (Lipinski definition) is 1. The molecule has 0 aromatic heterocycles. The summed E-state index contributed by atoms with van der Waals surface area (Å²) in [5, 5.41) is 0. The predicted molar refractivity (Wildman–Crippen MR) is 57.7 cm³/mol. The second-order valence-electron chi connectivity index (χ2n) is 4.66. The maximum Gasteiger partial charge on any atom is 0.00817 e. The summed E-state index contributed by atoms with van der Waals surface area (Å²) in [4.78, 5) is 2.60. The Morgan fingerprint density at radius 2 is 1.92 bits per heavy atom. The third kappa shape index (κ3) is 3.65. The molecule has 0 bridgehead atoms. The van der Waals surface area contributed by atoms with Crippen LogP contribution in [0.3, 0.4) is 0 Å². The minimum atomic E-state index is 0.658. The smallest absolute Gasteiger partial charge is 0.00817 e. The van der Waals surface area contributed by atoms with Gasteiger partial charge in [0.15, 0.2) is 0 Å². The molecule has 1 unspecified atom stereocenters. The fourth-order valence-electron chi connectivity index (χ4n) is 1.91. The van der Waals surface area contributed by atoms with Crippen molar-refractivity contribution < 1.29 is 0 Å². The molecule has 13 heavy (non-hydrogen) atoms. The zero-order valence-electron chi connectivity index (χ0n) is 9.29. The molecule has 1 aliphatic carbocycles. The van der Waals surface area contributed by atoms with Gasteiger partial charge in [-0.25, -0.2) is 0 Å². The molecule has 1 atom stereocenters. The first-order valence-corrected chi connectivity index (χ1v) is 5.61. The van der Waals surface area contributed by atoms with E-state index in [1.165, 1.54) is 19.4 Å². The first-order chi connectivity index (χ1) is 6.15. The van der Waals surface area contributed by atoms with Crippen molar-refractivity contribution in [2.45, 2.75) is 52.1 Å². The van der Waals surface area contributed by atoms with Crippen LogP contribution in [-0.4, -0.2) is 30.1 Å². The lowest BCUT2D eigenvalue weighted by atomic mass is 10.1. The van der Waals surface area contributed by atoms with Crippen molar-refractivity contribution in [1.82, 2.24) is 4.90 Å². The molecule has 1 fully saturated rings. The molecule has 2 heteroatoms. The highest BCUT2D eigenvalue weighted by Crippen LogP contribution is 2.31. The highest BCUT2D eigenvalue weighted by molar-refractivity contribution is 4.81. The van der Waals surface area contributed by atoms with Crippen LogP contribution in [0.5, 0.6) is 0 Å². The van der Waals surface area contributed by atoms with Crippen LogP contribution in [0.25, 0.3) is 0 Å². The normalized spacial score (nSPS) is 19.8. The van der Waals surface area contributed by atoms with Crippen LogP contribution >= 0.6 is 0 Å². The van der Waals surface area contributed by atoms with Crippen molar-refractivity contribution in [2.75, 3.05) is 13.1 Å². The molecule has 0 aromatic rings. The molecule has 2 nitrogen and oxygen atoms in total. The van der Waals surface area contributed by atoms with Crippen LogP contribution in [0, 0.1) is 5.92 Å². The van der Waals surface area contributed by atoms with E-state index in [0.29, 0.717) is 12.1 Å². The molecule has 0 heterocycles. The van der Waals surface area contributed by atoms with E-state index in [2.05, 4.69) is 25.7 Å². The van der Waals surface area contributed by atoms with Gasteiger partial charge in [0.1, 0.15) is 0 Å². The van der Waals surface area contributed by atoms with Gasteiger partial charge in [-0.2, -0.15) is 0 Å². The van der Waals surface area contributed by atoms with Gasteiger partial charge >= 0.3 is 0 Å². The molecule has 2 N–H and O–H groups in total. The zero-order chi connectivity index (χ0) is 9.84. The lowest BCUT2D eigenvalue weighted by Gasteiger charge is -2.32. The van der Waals surface area contributed by atoms with E-state index < -0.39 is 0 Å². The minimum absolute atomic E-state index is 0.658. The summed E-state index contributed by atoms with van der Waals surface area (Å²) in [6, 6.07) is 1.33. The Balaban J connectivity index is 2.34. The number of hydrogen-bond acceptors (Lipinski definition) is 2. The van der Waals surface area contributed by atoms with E-state index in [9.17, 15) is 0 Å². The molecular weight excluding hydrogens is 160 g/mol. The first kappa shape index (κ1) is 11.0. The van der Waals surface area contributed by atoms with Crippen molar-refractivity contribution in [2.24, 2.45) is 11.7 Å². The molecule has 0 aromatic carbocycles. The Kier molecular flexibility index (Phi) is 4.20. The topological polar surface area (TPSA) is 29.3 Å². The largest absolute Gasteiger partial charge is 0.330 e. The van der Waals surface area contributed by atoms with Gasteiger partial charge in [-0.05, 0) is 52.5 Å². The molecule has 0 radical (unpaired) electrons. The van der Waals surface area contributed by atoms with E-state index in [1.807, 2.05) is 0 Å². The third-order valence-electron chi connectivity index (χ3n) is 2.98. The number of nitrogens with two attached hydrogens (primary N) is 1. The van der Waals surface area contributed by atoms with E-state index in [0.717, 1.165) is 18.9 Å². The van der Waals surface area contributed by atoms with E-state index in [1.54, 1.807) is 0 Å². The lowest BCUT2D eigenvalue weighted by Crippen LogP contribution is -2.41. The maximum absolute atomic E-state index is 5.59. The van der Waals surface area contributed by atoms with E-state index in [4.69, 9.17) is 5.73 Å². The van der Waals surface area contributed by atoms with Crippen molar-refractivity contribution in [3.63, 3.8) is 0 Å². The molecule has 0 amide bonds. The summed E-state index contributed by atoms with van der Waals surface area (Å²) in [5.41, 5.74) is 5.59. The minimum Gasteiger partial charge on any atom is -0.330 e. The summed E-state index contributed by atoms with van der Waals surface area (Å²) < 4.78 is 0. The van der Waals surface area contributed by atoms with Crippen LogP contribution in [0.4, 0.5) is 0 Å². The maximum atomic E-state index is 5.59. The molecular formula is C11H24N2. The molecule has 0 spiro atoms. The number of rotatable bonds is 6. The van der Waals surface area contributed by atoms with Gasteiger partial charge in [0.2, 0.25) is 0 Å². The summed E-state index contributed by atoms with van der Waals surface area (Å²) >= 11 is 0. The van der Waals surface area contributed by atoms with Crippen molar-refractivity contribution >= 4 is 0 Å². The third-order valence-corrected chi connectivity index (χ3v) is 2.98. The van der Waals surface area contributed by atoms with Gasteiger partial charge in [0, 0.05) is 18.6 Å². The second-order valence-corrected chi connectivity index (χ2v) is 4.66. The van der Waals surface area contributed by atoms with Crippen LogP contribution in [0.2, 0.25) is 0 Å². The highest BCUT2D eigenvalue weighted by atomic mass is 15.2. The average molecular weight is 184 g/mol. The average Bonchev–Trinajstić information content (AvgIpc) is 2.83. The van der Waals surface area contributed by atoms with Gasteiger partial charge < -0.3 is 5.73 Å². The summed E-state index contributed by atoms with van der Waals surface area (Å²) in [6.45, 7) is 8.98. The molecule has 1 saturated carbocycles. The Hall–Kier alpha value is -0.0800. The lowest BCUT2D eigenvalue weighted by molar-refractivity contribution is 0.151. The second kappa shape index (κ2) is 4.97. The summed E-state index contributed by atoms with van der Waals surface area (Å²) in [5.74, 6) is 0.989. The van der Waals surface area contributed by atoms with Gasteiger partial charge in [-0.15, -0.1) is 0 Å². The van der Waals surface area contributed by atoms with Crippen molar-refractivity contribution in [3.05, 3.63) is 0 Å². The summed E-state index contributed by atoms with van der Waals surface area (Å²) in [6.07, 6.45) is 4.02.